The number of phenolic OH excluding ortho intramolecular Hbond substituents is 1. The number of nitrogen functional groups attached to an aromatic ring is 2. The number of aromatic hydroxyl groups is 1. The smallest absolute Gasteiger partial charge is 0.308 e. The number of pyridine rings is 1. The van der Waals surface area contributed by atoms with Crippen LogP contribution < -0.4 is 16.2 Å². The first-order valence-electron chi connectivity index (χ1n) is 7.90. The highest BCUT2D eigenvalue weighted by molar-refractivity contribution is 5.85. The van der Waals surface area contributed by atoms with E-state index in [9.17, 15) is 4.79 Å². The zero-order valence-electron chi connectivity index (χ0n) is 15.0. The molecule has 5 N–H and O–H groups in total. The number of anilines is 2. The highest BCUT2D eigenvalue weighted by atomic mass is 35.5. The van der Waals surface area contributed by atoms with Gasteiger partial charge < -0.3 is 21.3 Å². The van der Waals surface area contributed by atoms with Gasteiger partial charge in [-0.1, -0.05) is 18.2 Å². The molecule has 0 atom stereocenters. The second-order valence-electron chi connectivity index (χ2n) is 5.26. The number of ether oxygens (including phenoxy) is 1. The van der Waals surface area contributed by atoms with Gasteiger partial charge in [-0.3, -0.25) is 4.79 Å². The SMILES string of the molecule is CC(=O)Oc1ccc(O)cc1.Cl.Nc1ccc(N=Nc2ccccc2)c(N)n1. The minimum Gasteiger partial charge on any atom is -0.508 e. The van der Waals surface area contributed by atoms with Gasteiger partial charge in [-0.2, -0.15) is 5.11 Å². The molecule has 0 aliphatic rings. The molecule has 2 aromatic carbocycles. The Morgan fingerprint density at radius 3 is 2.18 bits per heavy atom. The maximum Gasteiger partial charge on any atom is 0.308 e. The molecule has 28 heavy (non-hydrogen) atoms. The van der Waals surface area contributed by atoms with E-state index in [2.05, 4.69) is 15.2 Å². The molecule has 0 unspecified atom stereocenters. The third-order valence-corrected chi connectivity index (χ3v) is 3.05. The van der Waals surface area contributed by atoms with Crippen LogP contribution >= 0.6 is 12.4 Å². The lowest BCUT2D eigenvalue weighted by Gasteiger charge is -1.99. The predicted molar refractivity (Wildman–Crippen MR) is 110 cm³/mol. The van der Waals surface area contributed by atoms with Crippen LogP contribution in [0.4, 0.5) is 23.0 Å². The fourth-order valence-corrected chi connectivity index (χ4v) is 1.85. The predicted octanol–water partition coefficient (Wildman–Crippen LogP) is 4.40. The van der Waals surface area contributed by atoms with Crippen molar-refractivity contribution in [3.8, 4) is 11.5 Å². The second kappa shape index (κ2) is 11.1. The highest BCUT2D eigenvalue weighted by Gasteiger charge is 1.99. The molecule has 8 nitrogen and oxygen atoms in total. The second-order valence-corrected chi connectivity index (χ2v) is 5.26. The van der Waals surface area contributed by atoms with Crippen LogP contribution in [0.15, 0.2) is 77.0 Å². The van der Waals surface area contributed by atoms with Gasteiger partial charge in [-0.05, 0) is 48.5 Å². The van der Waals surface area contributed by atoms with Crippen molar-refractivity contribution in [2.45, 2.75) is 6.92 Å². The average molecular weight is 402 g/mol. The Bertz CT molecular complexity index is 919. The highest BCUT2D eigenvalue weighted by Crippen LogP contribution is 2.23. The number of halogens is 1. The number of benzene rings is 2. The number of nitrogens with two attached hydrogens (primary N) is 2. The van der Waals surface area contributed by atoms with Gasteiger partial charge >= 0.3 is 5.97 Å². The molecule has 0 aliphatic heterocycles. The van der Waals surface area contributed by atoms with E-state index < -0.39 is 0 Å². The Kier molecular flexibility index (Phi) is 8.91. The Labute approximate surface area is 168 Å². The molecule has 9 heteroatoms. The van der Waals surface area contributed by atoms with E-state index in [0.717, 1.165) is 5.69 Å². The lowest BCUT2D eigenvalue weighted by atomic mass is 10.3. The molecule has 0 aliphatic carbocycles. The molecule has 0 spiro atoms. The first-order valence-corrected chi connectivity index (χ1v) is 7.90. The summed E-state index contributed by atoms with van der Waals surface area (Å²) in [6.45, 7) is 1.33. The van der Waals surface area contributed by atoms with Gasteiger partial charge in [0, 0.05) is 6.92 Å². The third-order valence-electron chi connectivity index (χ3n) is 3.05. The number of nitrogens with zero attached hydrogens (tertiary/aromatic N) is 3. The number of azo groups is 1. The third kappa shape index (κ3) is 7.71. The number of phenols is 1. The quantitative estimate of drug-likeness (QED) is 0.338. The van der Waals surface area contributed by atoms with Crippen molar-refractivity contribution in [2.24, 2.45) is 10.2 Å². The normalized spacial score (nSPS) is 9.75. The first-order chi connectivity index (χ1) is 12.9. The fourth-order valence-electron chi connectivity index (χ4n) is 1.85. The monoisotopic (exact) mass is 401 g/mol. The lowest BCUT2D eigenvalue weighted by molar-refractivity contribution is -0.131. The fraction of sp³-hybridized carbons (Fsp3) is 0.0526. The summed E-state index contributed by atoms with van der Waals surface area (Å²) >= 11 is 0. The van der Waals surface area contributed by atoms with Crippen molar-refractivity contribution in [1.82, 2.24) is 4.98 Å². The zero-order chi connectivity index (χ0) is 19.6. The zero-order valence-corrected chi connectivity index (χ0v) is 15.8. The van der Waals surface area contributed by atoms with E-state index in [1.54, 1.807) is 12.1 Å². The van der Waals surface area contributed by atoms with Crippen LogP contribution in [0, 0.1) is 0 Å². The van der Waals surface area contributed by atoms with Gasteiger partial charge in [0.2, 0.25) is 0 Å². The van der Waals surface area contributed by atoms with E-state index >= 15 is 0 Å². The minimum atomic E-state index is -0.365. The molecule has 0 bridgehead atoms. The lowest BCUT2D eigenvalue weighted by Crippen LogP contribution is -2.00. The summed E-state index contributed by atoms with van der Waals surface area (Å²) in [6, 6.07) is 18.7. The maximum atomic E-state index is 10.4. The number of aromatic nitrogens is 1. The molecule has 146 valence electrons. The summed E-state index contributed by atoms with van der Waals surface area (Å²) in [5, 5.41) is 16.9. The van der Waals surface area contributed by atoms with Crippen LogP contribution in [0.2, 0.25) is 0 Å². The summed E-state index contributed by atoms with van der Waals surface area (Å²) in [6.07, 6.45) is 0. The first kappa shape index (κ1) is 22.4. The van der Waals surface area contributed by atoms with Crippen molar-refractivity contribution in [3.05, 3.63) is 66.7 Å². The van der Waals surface area contributed by atoms with Crippen LogP contribution in [0.3, 0.4) is 0 Å². The summed E-state index contributed by atoms with van der Waals surface area (Å²) < 4.78 is 4.72. The molecule has 0 fully saturated rings. The number of carbonyl (C=O) groups excluding carboxylic acids is 1. The molecule has 0 amide bonds. The van der Waals surface area contributed by atoms with E-state index in [0.29, 0.717) is 17.3 Å². The van der Waals surface area contributed by atoms with Gasteiger partial charge in [0.15, 0.2) is 5.82 Å². The largest absolute Gasteiger partial charge is 0.508 e. The van der Waals surface area contributed by atoms with Crippen LogP contribution in [0.5, 0.6) is 11.5 Å². The summed E-state index contributed by atoms with van der Waals surface area (Å²) in [5.41, 5.74) is 12.4. The van der Waals surface area contributed by atoms with Crippen molar-refractivity contribution in [3.63, 3.8) is 0 Å². The van der Waals surface area contributed by atoms with Gasteiger partial charge in [0.25, 0.3) is 0 Å². The number of rotatable bonds is 3. The van der Waals surface area contributed by atoms with Gasteiger partial charge in [-0.15, -0.1) is 17.5 Å². The van der Waals surface area contributed by atoms with E-state index in [1.165, 1.54) is 31.2 Å². The van der Waals surface area contributed by atoms with Crippen molar-refractivity contribution in [1.29, 1.82) is 0 Å². The molecular weight excluding hydrogens is 382 g/mol. The molecule has 3 aromatic rings. The molecule has 1 heterocycles. The molecule has 0 saturated heterocycles. The summed E-state index contributed by atoms with van der Waals surface area (Å²) in [4.78, 5) is 14.3. The van der Waals surface area contributed by atoms with Crippen molar-refractivity contribution >= 4 is 41.4 Å². The summed E-state index contributed by atoms with van der Waals surface area (Å²) in [5.74, 6) is 0.878. The maximum absolute atomic E-state index is 10.4. The summed E-state index contributed by atoms with van der Waals surface area (Å²) in [7, 11) is 0. The van der Waals surface area contributed by atoms with Gasteiger partial charge in [0.1, 0.15) is 23.0 Å². The van der Waals surface area contributed by atoms with Crippen LogP contribution in [0.25, 0.3) is 0 Å². The van der Waals surface area contributed by atoms with Crippen molar-refractivity contribution < 1.29 is 14.6 Å². The number of carbonyl (C=O) groups is 1. The molecular formula is C19H20ClN5O3. The molecule has 0 radical (unpaired) electrons. The van der Waals surface area contributed by atoms with E-state index in [4.69, 9.17) is 21.3 Å². The molecule has 0 saturated carbocycles. The Morgan fingerprint density at radius 2 is 1.61 bits per heavy atom. The topological polar surface area (TPSA) is 136 Å². The Balaban J connectivity index is 0.000000289. The van der Waals surface area contributed by atoms with Gasteiger partial charge in [-0.25, -0.2) is 4.98 Å². The number of esters is 1. The average Bonchev–Trinajstić information content (AvgIpc) is 2.64. The van der Waals surface area contributed by atoms with Crippen LogP contribution in [0.1, 0.15) is 6.92 Å². The van der Waals surface area contributed by atoms with Crippen molar-refractivity contribution in [2.75, 3.05) is 11.5 Å². The van der Waals surface area contributed by atoms with Crippen LogP contribution in [-0.4, -0.2) is 16.1 Å². The van der Waals surface area contributed by atoms with Crippen LogP contribution in [-0.2, 0) is 4.79 Å². The number of hydrogen-bond acceptors (Lipinski definition) is 8. The Hall–Kier alpha value is -3.65. The van der Waals surface area contributed by atoms with E-state index in [-0.39, 0.29) is 29.9 Å². The standard InChI is InChI=1S/C11H11N5.C8H8O3.ClH/c12-10-7-6-9(11(13)14-10)16-15-8-4-2-1-3-5-8;1-6(9)11-8-4-2-7(10)3-5-8;/h1-7H,(H4,12,13,14);2-5,10H,1H3;1H. The minimum absolute atomic E-state index is 0. The van der Waals surface area contributed by atoms with E-state index in [1.807, 2.05) is 30.3 Å². The number of hydrogen-bond donors (Lipinski definition) is 3. The molecule has 1 aromatic heterocycles. The van der Waals surface area contributed by atoms with Gasteiger partial charge in [0.05, 0.1) is 5.69 Å². The Morgan fingerprint density at radius 1 is 0.964 bits per heavy atom. The molecule has 3 rings (SSSR count).